The third-order valence-corrected chi connectivity index (χ3v) is 9.14. The van der Waals surface area contributed by atoms with Gasteiger partial charge in [0.15, 0.2) is 11.0 Å². The molecule has 0 radical (unpaired) electrons. The maximum absolute atomic E-state index is 13.6. The van der Waals surface area contributed by atoms with Gasteiger partial charge in [0.05, 0.1) is 28.9 Å². The molecule has 0 spiro atoms. The molecule has 0 unspecified atom stereocenters. The van der Waals surface area contributed by atoms with E-state index in [-0.39, 0.29) is 17.6 Å². The second-order valence-corrected chi connectivity index (χ2v) is 11.3. The molecule has 0 bridgehead atoms. The van der Waals surface area contributed by atoms with Crippen molar-refractivity contribution >= 4 is 37.6 Å². The van der Waals surface area contributed by atoms with Crippen LogP contribution in [0.4, 0.5) is 5.13 Å². The second-order valence-electron chi connectivity index (χ2n) is 10.3. The molecule has 11 heteroatoms. The van der Waals surface area contributed by atoms with Crippen LogP contribution in [0.25, 0.3) is 21.1 Å². The Morgan fingerprint density at radius 3 is 2.67 bits per heavy atom. The van der Waals surface area contributed by atoms with Crippen LogP contribution >= 0.6 is 11.3 Å². The van der Waals surface area contributed by atoms with Gasteiger partial charge in [0, 0.05) is 37.8 Å². The van der Waals surface area contributed by atoms with Crippen molar-refractivity contribution in [3.05, 3.63) is 70.3 Å². The molecule has 200 valence electrons. The molecule has 39 heavy (non-hydrogen) atoms. The van der Waals surface area contributed by atoms with Crippen LogP contribution in [0.15, 0.2) is 53.3 Å². The van der Waals surface area contributed by atoms with E-state index in [1.165, 1.54) is 17.5 Å². The molecule has 10 nitrogen and oxygen atoms in total. The summed E-state index contributed by atoms with van der Waals surface area (Å²) in [5.41, 5.74) is 2.32. The van der Waals surface area contributed by atoms with Gasteiger partial charge in [-0.1, -0.05) is 36.3 Å². The summed E-state index contributed by atoms with van der Waals surface area (Å²) in [5, 5.41) is 15.0. The largest absolute Gasteiger partial charge is 0.497 e. The zero-order valence-corrected chi connectivity index (χ0v) is 22.6. The van der Waals surface area contributed by atoms with Crippen LogP contribution in [0, 0.1) is 0 Å². The van der Waals surface area contributed by atoms with E-state index in [0.717, 1.165) is 66.4 Å². The number of thiazole rings is 1. The second kappa shape index (κ2) is 10.0. The van der Waals surface area contributed by atoms with Crippen molar-refractivity contribution < 1.29 is 4.74 Å². The maximum atomic E-state index is 13.6. The lowest BCUT2D eigenvalue weighted by Gasteiger charge is -2.38. The number of tetrazole rings is 1. The van der Waals surface area contributed by atoms with Gasteiger partial charge >= 0.3 is 0 Å². The van der Waals surface area contributed by atoms with E-state index < -0.39 is 0 Å². The summed E-state index contributed by atoms with van der Waals surface area (Å²) < 4.78 is 8.54. The average molecular weight is 543 g/mol. The molecule has 3 aromatic heterocycles. The molecule has 1 aliphatic carbocycles. The number of H-pyrrole nitrogens is 1. The quantitative estimate of drug-likeness (QED) is 0.341. The van der Waals surface area contributed by atoms with Crippen LogP contribution in [0.1, 0.15) is 49.2 Å². The van der Waals surface area contributed by atoms with E-state index in [1.807, 2.05) is 35.0 Å². The van der Waals surface area contributed by atoms with Gasteiger partial charge in [-0.05, 0) is 59.0 Å². The first-order valence-electron chi connectivity index (χ1n) is 13.5. The fourth-order valence-electron chi connectivity index (χ4n) is 5.98. The molecule has 1 saturated carbocycles. The molecule has 5 aromatic rings. The summed E-state index contributed by atoms with van der Waals surface area (Å²) in [7, 11) is 1.63. The number of rotatable bonds is 6. The summed E-state index contributed by atoms with van der Waals surface area (Å²) in [6, 6.07) is 15.9. The minimum Gasteiger partial charge on any atom is -0.497 e. The van der Waals surface area contributed by atoms with Gasteiger partial charge in [-0.25, -0.2) is 9.67 Å². The zero-order chi connectivity index (χ0) is 26.3. The highest BCUT2D eigenvalue weighted by molar-refractivity contribution is 7.22. The Hall–Kier alpha value is -3.83. The van der Waals surface area contributed by atoms with E-state index in [2.05, 4.69) is 48.5 Å². The standard InChI is InChI=1S/C28H30N8O2S/c1-38-20-11-10-18-16-21(27(37)29-23(18)17-20)25(26-31-32-33-36(26)19-6-2-3-7-19)34-12-14-35(15-13-34)28-30-22-8-4-5-9-24(22)39-28/h4-5,8-11,16-17,19,25H,2-3,6-7,12-15H2,1H3,(H,29,37)/t25-/m1/s1. The molecule has 1 N–H and O–H groups in total. The molecule has 0 amide bonds. The predicted octanol–water partition coefficient (Wildman–Crippen LogP) is 4.16. The van der Waals surface area contributed by atoms with Crippen LogP contribution in [-0.2, 0) is 0 Å². The van der Waals surface area contributed by atoms with Gasteiger partial charge < -0.3 is 14.6 Å². The first-order chi connectivity index (χ1) is 19.2. The van der Waals surface area contributed by atoms with Crippen molar-refractivity contribution in [1.82, 2.24) is 35.1 Å². The van der Waals surface area contributed by atoms with Crippen molar-refractivity contribution in [2.75, 3.05) is 38.2 Å². The Morgan fingerprint density at radius 1 is 1.05 bits per heavy atom. The van der Waals surface area contributed by atoms with Crippen molar-refractivity contribution in [2.24, 2.45) is 0 Å². The van der Waals surface area contributed by atoms with Gasteiger partial charge in [0.25, 0.3) is 5.56 Å². The Morgan fingerprint density at radius 2 is 1.87 bits per heavy atom. The number of hydrogen-bond donors (Lipinski definition) is 1. The number of ether oxygens (including phenoxy) is 1. The van der Waals surface area contributed by atoms with Crippen LogP contribution < -0.4 is 15.2 Å². The summed E-state index contributed by atoms with van der Waals surface area (Å²) in [6.07, 6.45) is 4.47. The molecule has 4 heterocycles. The molecule has 1 saturated heterocycles. The molecule has 2 aliphatic rings. The first kappa shape index (κ1) is 24.2. The highest BCUT2D eigenvalue weighted by atomic mass is 32.1. The Balaban J connectivity index is 1.25. The third-order valence-electron chi connectivity index (χ3n) is 8.04. The fraction of sp³-hybridized carbons (Fsp3) is 0.393. The van der Waals surface area contributed by atoms with Crippen molar-refractivity contribution in [3.8, 4) is 5.75 Å². The van der Waals surface area contributed by atoms with E-state index in [9.17, 15) is 4.79 Å². The smallest absolute Gasteiger partial charge is 0.253 e. The van der Waals surface area contributed by atoms with E-state index >= 15 is 0 Å². The Bertz CT molecular complexity index is 1650. The number of pyridine rings is 1. The summed E-state index contributed by atoms with van der Waals surface area (Å²) in [5.74, 6) is 1.45. The van der Waals surface area contributed by atoms with Gasteiger partial charge in [0.2, 0.25) is 0 Å². The SMILES string of the molecule is COc1ccc2cc([C@H](c3nnnn3C3CCCC3)N3CCN(c4nc5ccccc5s4)CC3)c(=O)[nH]c2c1. The lowest BCUT2D eigenvalue weighted by molar-refractivity contribution is 0.197. The van der Waals surface area contributed by atoms with Gasteiger partial charge in [-0.3, -0.25) is 9.69 Å². The molecule has 2 fully saturated rings. The minimum atomic E-state index is -0.353. The number of hydrogen-bond acceptors (Lipinski definition) is 9. The van der Waals surface area contributed by atoms with Crippen LogP contribution in [0.2, 0.25) is 0 Å². The summed E-state index contributed by atoms with van der Waals surface area (Å²) in [4.78, 5) is 26.3. The van der Waals surface area contributed by atoms with Crippen LogP contribution in [0.5, 0.6) is 5.75 Å². The average Bonchev–Trinajstić information content (AvgIpc) is 3.74. The topological polar surface area (TPSA) is 105 Å². The van der Waals surface area contributed by atoms with E-state index in [4.69, 9.17) is 9.72 Å². The highest BCUT2D eigenvalue weighted by Gasteiger charge is 2.35. The maximum Gasteiger partial charge on any atom is 0.253 e. The summed E-state index contributed by atoms with van der Waals surface area (Å²) >= 11 is 1.73. The number of nitrogens with zero attached hydrogens (tertiary/aromatic N) is 7. The molecular weight excluding hydrogens is 512 g/mol. The number of nitrogens with one attached hydrogen (secondary N) is 1. The number of fused-ring (bicyclic) bond motifs is 2. The summed E-state index contributed by atoms with van der Waals surface area (Å²) in [6.45, 7) is 3.14. The lowest BCUT2D eigenvalue weighted by Crippen LogP contribution is -2.49. The number of methoxy groups -OCH3 is 1. The highest BCUT2D eigenvalue weighted by Crippen LogP contribution is 2.35. The van der Waals surface area contributed by atoms with Crippen LogP contribution in [-0.4, -0.2) is 68.4 Å². The Kier molecular flexibility index (Phi) is 6.24. The van der Waals surface area contributed by atoms with Gasteiger partial charge in [0.1, 0.15) is 11.8 Å². The molecule has 7 rings (SSSR count). The zero-order valence-electron chi connectivity index (χ0n) is 21.8. The Labute approximate surface area is 229 Å². The number of aromatic amines is 1. The molecule has 1 atom stereocenters. The fourth-order valence-corrected chi connectivity index (χ4v) is 7.00. The molecule has 1 aliphatic heterocycles. The monoisotopic (exact) mass is 542 g/mol. The van der Waals surface area contributed by atoms with Gasteiger partial charge in [-0.2, -0.15) is 0 Å². The van der Waals surface area contributed by atoms with Crippen molar-refractivity contribution in [1.29, 1.82) is 0 Å². The van der Waals surface area contributed by atoms with E-state index in [0.29, 0.717) is 11.3 Å². The number of anilines is 1. The number of piperazine rings is 1. The predicted molar refractivity (Wildman–Crippen MR) is 152 cm³/mol. The number of aromatic nitrogens is 6. The molecular formula is C28H30N8O2S. The molecule has 2 aromatic carbocycles. The first-order valence-corrected chi connectivity index (χ1v) is 14.3. The lowest BCUT2D eigenvalue weighted by atomic mass is 10.0. The number of benzene rings is 2. The number of para-hydroxylation sites is 1. The van der Waals surface area contributed by atoms with Crippen molar-refractivity contribution in [3.63, 3.8) is 0 Å². The third kappa shape index (κ3) is 4.45. The van der Waals surface area contributed by atoms with Gasteiger partial charge in [-0.15, -0.1) is 5.10 Å². The van der Waals surface area contributed by atoms with Crippen molar-refractivity contribution in [2.45, 2.75) is 37.8 Å². The van der Waals surface area contributed by atoms with E-state index in [1.54, 1.807) is 18.4 Å². The van der Waals surface area contributed by atoms with Crippen LogP contribution in [0.3, 0.4) is 0 Å². The normalized spacial score (nSPS) is 17.8. The minimum absolute atomic E-state index is 0.129.